The van der Waals surface area contributed by atoms with Gasteiger partial charge in [-0.1, -0.05) is 0 Å². The van der Waals surface area contributed by atoms with E-state index in [1.807, 2.05) is 0 Å². The first-order valence-electron chi connectivity index (χ1n) is 5.03. The van der Waals surface area contributed by atoms with E-state index < -0.39 is 40.0 Å². The zero-order chi connectivity index (χ0) is 13.5. The molecule has 1 heterocycles. The molecule has 0 aromatic rings. The van der Waals surface area contributed by atoms with Crippen LogP contribution in [0.1, 0.15) is 13.3 Å². The summed E-state index contributed by atoms with van der Waals surface area (Å²) in [5.74, 6) is 0. The van der Waals surface area contributed by atoms with Gasteiger partial charge in [-0.05, 0) is 6.92 Å². The van der Waals surface area contributed by atoms with Crippen LogP contribution in [0.2, 0.25) is 0 Å². The van der Waals surface area contributed by atoms with E-state index in [4.69, 9.17) is 5.73 Å². The number of hydrogen-bond acceptors (Lipinski definition) is 4. The number of sulfonamides is 1. The van der Waals surface area contributed by atoms with E-state index in [0.717, 1.165) is 0 Å². The second kappa shape index (κ2) is 4.38. The van der Waals surface area contributed by atoms with E-state index in [1.54, 1.807) is 0 Å². The summed E-state index contributed by atoms with van der Waals surface area (Å²) in [6.07, 6.45) is -5.48. The zero-order valence-electron chi connectivity index (χ0n) is 9.24. The van der Waals surface area contributed by atoms with Gasteiger partial charge in [0.05, 0.1) is 11.8 Å². The van der Waals surface area contributed by atoms with Crippen LogP contribution >= 0.6 is 0 Å². The molecule has 0 spiro atoms. The molecule has 1 fully saturated rings. The van der Waals surface area contributed by atoms with Crippen LogP contribution in [-0.4, -0.2) is 54.5 Å². The van der Waals surface area contributed by atoms with Crippen molar-refractivity contribution in [1.29, 1.82) is 0 Å². The van der Waals surface area contributed by atoms with Crippen LogP contribution in [0, 0.1) is 0 Å². The Labute approximate surface area is 97.4 Å². The molecule has 0 bridgehead atoms. The van der Waals surface area contributed by atoms with Gasteiger partial charge in [0.15, 0.2) is 5.60 Å². The maximum absolute atomic E-state index is 12.5. The van der Waals surface area contributed by atoms with Crippen LogP contribution in [0.3, 0.4) is 0 Å². The summed E-state index contributed by atoms with van der Waals surface area (Å²) in [5, 5.41) is 8.39. The van der Waals surface area contributed by atoms with Crippen LogP contribution in [0.25, 0.3) is 0 Å². The number of nitrogens with zero attached hydrogens (tertiary/aromatic N) is 1. The Morgan fingerprint density at radius 2 is 2.06 bits per heavy atom. The number of hydrogen-bond donors (Lipinski definition) is 2. The number of nitrogens with two attached hydrogens (primary N) is 1. The molecule has 3 N–H and O–H groups in total. The fourth-order valence-electron chi connectivity index (χ4n) is 1.58. The third-order valence-corrected chi connectivity index (χ3v) is 5.18. The highest BCUT2D eigenvalue weighted by Gasteiger charge is 2.59. The Hall–Kier alpha value is -0.380. The summed E-state index contributed by atoms with van der Waals surface area (Å²) < 4.78 is 61.6. The number of halogens is 3. The molecule has 1 aliphatic rings. The smallest absolute Gasteiger partial charge is 0.379 e. The summed E-state index contributed by atoms with van der Waals surface area (Å²) in [4.78, 5) is 0. The summed E-state index contributed by atoms with van der Waals surface area (Å²) in [6.45, 7) is -0.157. The summed E-state index contributed by atoms with van der Waals surface area (Å²) in [6, 6.07) is 0. The monoisotopic (exact) mass is 276 g/mol. The third-order valence-electron chi connectivity index (χ3n) is 2.94. The minimum absolute atomic E-state index is 0.177. The molecule has 0 saturated carbocycles. The van der Waals surface area contributed by atoms with Crippen molar-refractivity contribution < 1.29 is 26.7 Å². The number of rotatable bonds is 3. The molecule has 0 aromatic heterocycles. The standard InChI is InChI=1S/C8H15F3N2O3S/c1-6(4-12)17(15,16)13-3-2-7(14,5-13)8(9,10)11/h6,14H,2-5,12H2,1H3. The molecule has 102 valence electrons. The van der Waals surface area contributed by atoms with Gasteiger partial charge in [0, 0.05) is 19.5 Å². The van der Waals surface area contributed by atoms with Gasteiger partial charge in [-0.2, -0.15) is 17.5 Å². The molecular formula is C8H15F3N2O3S. The zero-order valence-corrected chi connectivity index (χ0v) is 10.1. The molecule has 1 aliphatic heterocycles. The topological polar surface area (TPSA) is 83.6 Å². The Balaban J connectivity index is 2.89. The predicted octanol–water partition coefficient (Wildman–Crippen LogP) is -0.337. The van der Waals surface area contributed by atoms with Gasteiger partial charge in [0.1, 0.15) is 0 Å². The molecule has 0 amide bonds. The molecule has 1 rings (SSSR count). The van der Waals surface area contributed by atoms with Gasteiger partial charge in [0.2, 0.25) is 10.0 Å². The van der Waals surface area contributed by atoms with Gasteiger partial charge in [-0.15, -0.1) is 0 Å². The summed E-state index contributed by atoms with van der Waals surface area (Å²) in [7, 11) is -3.87. The van der Waals surface area contributed by atoms with Crippen molar-refractivity contribution in [3.05, 3.63) is 0 Å². The molecular weight excluding hydrogens is 261 g/mol. The van der Waals surface area contributed by atoms with E-state index in [0.29, 0.717) is 4.31 Å². The highest BCUT2D eigenvalue weighted by molar-refractivity contribution is 7.89. The molecule has 5 nitrogen and oxygen atoms in total. The lowest BCUT2D eigenvalue weighted by Gasteiger charge is -2.26. The van der Waals surface area contributed by atoms with Crippen LogP contribution in [0.4, 0.5) is 13.2 Å². The van der Waals surface area contributed by atoms with Crippen molar-refractivity contribution in [2.24, 2.45) is 5.73 Å². The van der Waals surface area contributed by atoms with Crippen LogP contribution in [0.15, 0.2) is 0 Å². The Morgan fingerprint density at radius 1 is 1.53 bits per heavy atom. The normalized spacial score (nSPS) is 29.5. The number of alkyl halides is 3. The lowest BCUT2D eigenvalue weighted by Crippen LogP contribution is -2.49. The average molecular weight is 276 g/mol. The lowest BCUT2D eigenvalue weighted by atomic mass is 10.0. The van der Waals surface area contributed by atoms with Crippen molar-refractivity contribution >= 4 is 10.0 Å². The molecule has 1 saturated heterocycles. The Bertz CT molecular complexity index is 384. The summed E-state index contributed by atoms with van der Waals surface area (Å²) in [5.41, 5.74) is 2.24. The van der Waals surface area contributed by atoms with E-state index >= 15 is 0 Å². The molecule has 9 heteroatoms. The minimum Gasteiger partial charge on any atom is -0.379 e. The summed E-state index contributed by atoms with van der Waals surface area (Å²) >= 11 is 0. The second-order valence-electron chi connectivity index (χ2n) is 4.20. The number of β-amino-alcohol motifs (C(OH)–C–C–N with tert-alkyl or cyclic N) is 1. The maximum atomic E-state index is 12.5. The van der Waals surface area contributed by atoms with E-state index in [9.17, 15) is 26.7 Å². The van der Waals surface area contributed by atoms with E-state index in [2.05, 4.69) is 0 Å². The van der Waals surface area contributed by atoms with Gasteiger partial charge in [-0.25, -0.2) is 8.42 Å². The van der Waals surface area contributed by atoms with Crippen molar-refractivity contribution in [3.63, 3.8) is 0 Å². The van der Waals surface area contributed by atoms with Gasteiger partial charge in [-0.3, -0.25) is 0 Å². The Morgan fingerprint density at radius 3 is 2.41 bits per heavy atom. The molecule has 0 aliphatic carbocycles. The highest BCUT2D eigenvalue weighted by atomic mass is 32.2. The molecule has 0 aromatic carbocycles. The molecule has 0 radical (unpaired) electrons. The van der Waals surface area contributed by atoms with E-state index in [-0.39, 0.29) is 13.1 Å². The first-order valence-corrected chi connectivity index (χ1v) is 6.53. The third kappa shape index (κ3) is 2.56. The average Bonchev–Trinajstić information content (AvgIpc) is 2.60. The fraction of sp³-hybridized carbons (Fsp3) is 1.00. The van der Waals surface area contributed by atoms with Crippen molar-refractivity contribution in [2.75, 3.05) is 19.6 Å². The molecule has 2 unspecified atom stereocenters. The van der Waals surface area contributed by atoms with Crippen LogP contribution in [-0.2, 0) is 10.0 Å². The van der Waals surface area contributed by atoms with Crippen LogP contribution < -0.4 is 5.73 Å². The fourth-order valence-corrected chi connectivity index (χ4v) is 3.08. The van der Waals surface area contributed by atoms with E-state index in [1.165, 1.54) is 6.92 Å². The van der Waals surface area contributed by atoms with Crippen molar-refractivity contribution in [3.8, 4) is 0 Å². The Kier molecular flexibility index (Phi) is 3.78. The van der Waals surface area contributed by atoms with Gasteiger partial charge < -0.3 is 10.8 Å². The minimum atomic E-state index is -4.83. The van der Waals surface area contributed by atoms with Crippen molar-refractivity contribution in [2.45, 2.75) is 30.4 Å². The lowest BCUT2D eigenvalue weighted by molar-refractivity contribution is -0.252. The first kappa shape index (κ1) is 14.7. The van der Waals surface area contributed by atoms with Gasteiger partial charge in [0.25, 0.3) is 0 Å². The largest absolute Gasteiger partial charge is 0.418 e. The second-order valence-corrected chi connectivity index (χ2v) is 6.56. The number of aliphatic hydroxyl groups is 1. The maximum Gasteiger partial charge on any atom is 0.418 e. The van der Waals surface area contributed by atoms with Crippen LogP contribution in [0.5, 0.6) is 0 Å². The first-order chi connectivity index (χ1) is 7.54. The van der Waals surface area contributed by atoms with Gasteiger partial charge >= 0.3 is 6.18 Å². The van der Waals surface area contributed by atoms with Crippen molar-refractivity contribution in [1.82, 2.24) is 4.31 Å². The predicted molar refractivity (Wildman–Crippen MR) is 54.6 cm³/mol. The molecule has 2 atom stereocenters. The quantitative estimate of drug-likeness (QED) is 0.739. The highest BCUT2D eigenvalue weighted by Crippen LogP contribution is 2.38. The molecule has 17 heavy (non-hydrogen) atoms. The SMILES string of the molecule is CC(CN)S(=O)(=O)N1CCC(O)(C(F)(F)F)C1.